The van der Waals surface area contributed by atoms with E-state index < -0.39 is 0 Å². The number of thioether (sulfide) groups is 1. The third-order valence-electron chi connectivity index (χ3n) is 2.40. The maximum absolute atomic E-state index is 4.35. The van der Waals surface area contributed by atoms with Crippen LogP contribution in [0.1, 0.15) is 18.5 Å². The van der Waals surface area contributed by atoms with Crippen molar-refractivity contribution in [2.75, 3.05) is 13.1 Å². The first-order valence-corrected chi connectivity index (χ1v) is 5.89. The van der Waals surface area contributed by atoms with E-state index in [4.69, 9.17) is 0 Å². The molecule has 1 aliphatic rings. The summed E-state index contributed by atoms with van der Waals surface area (Å²) in [4.78, 5) is 8.60. The summed E-state index contributed by atoms with van der Waals surface area (Å²) in [6.45, 7) is 4.30. The van der Waals surface area contributed by atoms with Gasteiger partial charge in [0.25, 0.3) is 0 Å². The van der Waals surface area contributed by atoms with E-state index in [1.54, 1.807) is 12.4 Å². The molecular formula is C10H16ClN3S. The van der Waals surface area contributed by atoms with Crippen LogP contribution in [0.15, 0.2) is 17.4 Å². The van der Waals surface area contributed by atoms with Gasteiger partial charge >= 0.3 is 0 Å². The van der Waals surface area contributed by atoms with E-state index >= 15 is 0 Å². The molecule has 0 bridgehead atoms. The van der Waals surface area contributed by atoms with E-state index in [-0.39, 0.29) is 12.4 Å². The maximum Gasteiger partial charge on any atom is 0.117 e. The Balaban J connectivity index is 0.00000112. The third kappa shape index (κ3) is 3.63. The van der Waals surface area contributed by atoms with Crippen LogP contribution in [-0.4, -0.2) is 28.3 Å². The Kier molecular flexibility index (Phi) is 5.36. The van der Waals surface area contributed by atoms with E-state index in [0.29, 0.717) is 5.25 Å². The second kappa shape index (κ2) is 6.30. The van der Waals surface area contributed by atoms with Crippen molar-refractivity contribution in [2.24, 2.45) is 0 Å². The van der Waals surface area contributed by atoms with Crippen LogP contribution in [0.4, 0.5) is 0 Å². The molecular weight excluding hydrogens is 230 g/mol. The first-order chi connectivity index (χ1) is 6.86. The van der Waals surface area contributed by atoms with Crippen LogP contribution >= 0.6 is 24.2 Å². The molecule has 1 saturated heterocycles. The molecule has 0 saturated carbocycles. The zero-order valence-corrected chi connectivity index (χ0v) is 10.4. The van der Waals surface area contributed by atoms with Gasteiger partial charge in [-0.15, -0.1) is 24.2 Å². The molecule has 0 aromatic carbocycles. The van der Waals surface area contributed by atoms with E-state index in [0.717, 1.165) is 23.8 Å². The second-order valence-electron chi connectivity index (χ2n) is 3.51. The lowest BCUT2D eigenvalue weighted by molar-refractivity contribution is 0.531. The summed E-state index contributed by atoms with van der Waals surface area (Å²) in [5.41, 5.74) is 1.05. The van der Waals surface area contributed by atoms with Gasteiger partial charge in [-0.05, 0) is 32.9 Å². The van der Waals surface area contributed by atoms with E-state index in [1.165, 1.54) is 12.8 Å². The summed E-state index contributed by atoms with van der Waals surface area (Å²) in [6.07, 6.45) is 6.00. The molecule has 2 rings (SSSR count). The largest absolute Gasteiger partial charge is 0.317 e. The minimum Gasteiger partial charge on any atom is -0.317 e. The lowest BCUT2D eigenvalue weighted by Crippen LogP contribution is -2.29. The smallest absolute Gasteiger partial charge is 0.117 e. The third-order valence-corrected chi connectivity index (χ3v) is 3.83. The number of aryl methyl sites for hydroxylation is 1. The van der Waals surface area contributed by atoms with Gasteiger partial charge in [0.05, 0.1) is 5.69 Å². The number of rotatable bonds is 2. The molecule has 3 nitrogen and oxygen atoms in total. The van der Waals surface area contributed by atoms with Gasteiger partial charge in [-0.25, -0.2) is 4.98 Å². The minimum atomic E-state index is 0. The molecule has 1 N–H and O–H groups in total. The highest BCUT2D eigenvalue weighted by atomic mass is 35.5. The molecule has 0 spiro atoms. The monoisotopic (exact) mass is 245 g/mol. The molecule has 0 aliphatic carbocycles. The van der Waals surface area contributed by atoms with Crippen LogP contribution in [-0.2, 0) is 0 Å². The quantitative estimate of drug-likeness (QED) is 0.866. The molecule has 5 heteroatoms. The Morgan fingerprint density at radius 1 is 1.27 bits per heavy atom. The van der Waals surface area contributed by atoms with E-state index in [1.807, 2.05) is 18.7 Å². The summed E-state index contributed by atoms with van der Waals surface area (Å²) < 4.78 is 0. The fourth-order valence-electron chi connectivity index (χ4n) is 1.58. The summed E-state index contributed by atoms with van der Waals surface area (Å²) in [6, 6.07) is 0. The van der Waals surface area contributed by atoms with Crippen LogP contribution in [0.5, 0.6) is 0 Å². The van der Waals surface area contributed by atoms with Gasteiger partial charge in [-0.2, -0.15) is 0 Å². The molecule has 1 fully saturated rings. The lowest BCUT2D eigenvalue weighted by atomic mass is 10.2. The first-order valence-electron chi connectivity index (χ1n) is 5.01. The molecule has 15 heavy (non-hydrogen) atoms. The van der Waals surface area contributed by atoms with Crippen molar-refractivity contribution in [3.05, 3.63) is 18.1 Å². The van der Waals surface area contributed by atoms with Crippen LogP contribution in [0.2, 0.25) is 0 Å². The van der Waals surface area contributed by atoms with E-state index in [9.17, 15) is 0 Å². The highest BCUT2D eigenvalue weighted by Crippen LogP contribution is 2.28. The van der Waals surface area contributed by atoms with Crippen molar-refractivity contribution in [1.29, 1.82) is 0 Å². The van der Waals surface area contributed by atoms with Crippen molar-refractivity contribution >= 4 is 24.2 Å². The molecule has 0 unspecified atom stereocenters. The zero-order valence-electron chi connectivity index (χ0n) is 8.77. The molecule has 0 amide bonds. The van der Waals surface area contributed by atoms with Crippen molar-refractivity contribution in [1.82, 2.24) is 15.3 Å². The van der Waals surface area contributed by atoms with Gasteiger partial charge < -0.3 is 5.32 Å². The van der Waals surface area contributed by atoms with Gasteiger partial charge in [-0.1, -0.05) is 0 Å². The highest BCUT2D eigenvalue weighted by Gasteiger charge is 2.15. The molecule has 0 atom stereocenters. The number of aromatic nitrogens is 2. The molecule has 0 radical (unpaired) electrons. The van der Waals surface area contributed by atoms with Crippen LogP contribution < -0.4 is 5.32 Å². The van der Waals surface area contributed by atoms with Gasteiger partial charge in [0.1, 0.15) is 5.03 Å². The molecule has 1 aromatic rings. The fourth-order valence-corrected chi connectivity index (χ4v) is 2.71. The predicted octanol–water partition coefficient (Wildman–Crippen LogP) is 2.05. The molecule has 84 valence electrons. The Hall–Kier alpha value is -0.320. The van der Waals surface area contributed by atoms with Crippen LogP contribution in [0, 0.1) is 6.92 Å². The minimum absolute atomic E-state index is 0. The zero-order chi connectivity index (χ0) is 9.80. The van der Waals surface area contributed by atoms with Crippen molar-refractivity contribution < 1.29 is 0 Å². The SMILES string of the molecule is Cc1nccnc1SC1CCNCC1.Cl. The number of hydrogen-bond acceptors (Lipinski definition) is 4. The Labute approximate surface area is 101 Å². The normalized spacial score (nSPS) is 17.1. The van der Waals surface area contributed by atoms with Gasteiger partial charge in [0.15, 0.2) is 0 Å². The van der Waals surface area contributed by atoms with Crippen molar-refractivity contribution in [2.45, 2.75) is 30.0 Å². The Morgan fingerprint density at radius 2 is 1.93 bits per heavy atom. The summed E-state index contributed by atoms with van der Waals surface area (Å²) in [7, 11) is 0. The maximum atomic E-state index is 4.35. The predicted molar refractivity (Wildman–Crippen MR) is 65.8 cm³/mol. The number of nitrogens with one attached hydrogen (secondary N) is 1. The lowest BCUT2D eigenvalue weighted by Gasteiger charge is -2.21. The average molecular weight is 246 g/mol. The number of piperidine rings is 1. The summed E-state index contributed by atoms with van der Waals surface area (Å²) in [5, 5.41) is 5.18. The standard InChI is InChI=1S/C10H15N3S.ClH/c1-8-10(13-7-6-12-8)14-9-2-4-11-5-3-9;/h6-7,9,11H,2-5H2,1H3;1H. The Bertz CT molecular complexity index is 302. The summed E-state index contributed by atoms with van der Waals surface area (Å²) in [5.74, 6) is 0. The number of nitrogens with zero attached hydrogens (tertiary/aromatic N) is 2. The molecule has 2 heterocycles. The molecule has 1 aromatic heterocycles. The number of hydrogen-bond donors (Lipinski definition) is 1. The highest BCUT2D eigenvalue weighted by molar-refractivity contribution is 7.99. The van der Waals surface area contributed by atoms with Gasteiger partial charge in [0, 0.05) is 17.6 Å². The fraction of sp³-hybridized carbons (Fsp3) is 0.600. The topological polar surface area (TPSA) is 37.8 Å². The first kappa shape index (κ1) is 12.7. The second-order valence-corrected chi connectivity index (χ2v) is 4.80. The van der Waals surface area contributed by atoms with Crippen molar-refractivity contribution in [3.63, 3.8) is 0 Å². The van der Waals surface area contributed by atoms with E-state index in [2.05, 4.69) is 15.3 Å². The summed E-state index contributed by atoms with van der Waals surface area (Å²) >= 11 is 1.88. The molecule has 1 aliphatic heterocycles. The van der Waals surface area contributed by atoms with Gasteiger partial charge in [0.2, 0.25) is 0 Å². The Morgan fingerprint density at radius 3 is 2.60 bits per heavy atom. The van der Waals surface area contributed by atoms with Gasteiger partial charge in [-0.3, -0.25) is 4.98 Å². The average Bonchev–Trinajstić information content (AvgIpc) is 2.23. The van der Waals surface area contributed by atoms with Crippen LogP contribution in [0.3, 0.4) is 0 Å². The van der Waals surface area contributed by atoms with Crippen molar-refractivity contribution in [3.8, 4) is 0 Å². The number of halogens is 1. The van der Waals surface area contributed by atoms with Crippen LogP contribution in [0.25, 0.3) is 0 Å².